The summed E-state index contributed by atoms with van der Waals surface area (Å²) in [4.78, 5) is 10.6. The lowest BCUT2D eigenvalue weighted by atomic mass is 9.93. The summed E-state index contributed by atoms with van der Waals surface area (Å²) in [6.07, 6.45) is 0.858. The average molecular weight is 245 g/mol. The number of benzene rings is 2. The number of carbonyl (C=O) groups excluding carboxylic acids is 1. The van der Waals surface area contributed by atoms with E-state index in [4.69, 9.17) is 11.6 Å². The van der Waals surface area contributed by atoms with Gasteiger partial charge in [-0.05, 0) is 23.3 Å². The molecule has 0 amide bonds. The van der Waals surface area contributed by atoms with Gasteiger partial charge in [-0.1, -0.05) is 54.9 Å². The predicted octanol–water partition coefficient (Wildman–Crippen LogP) is 4.30. The molecule has 0 aliphatic heterocycles. The fourth-order valence-corrected chi connectivity index (χ4v) is 1.93. The first kappa shape index (κ1) is 11.9. The molecule has 0 spiro atoms. The van der Waals surface area contributed by atoms with Gasteiger partial charge >= 0.3 is 0 Å². The van der Waals surface area contributed by atoms with Gasteiger partial charge in [-0.2, -0.15) is 0 Å². The first-order valence-corrected chi connectivity index (χ1v) is 5.89. The minimum absolute atomic E-state index is 0.299. The molecule has 0 saturated heterocycles. The van der Waals surface area contributed by atoms with Gasteiger partial charge in [0.05, 0.1) is 0 Å². The third-order valence-electron chi connectivity index (χ3n) is 2.94. The molecule has 17 heavy (non-hydrogen) atoms. The van der Waals surface area contributed by atoms with Crippen molar-refractivity contribution < 1.29 is 4.79 Å². The highest BCUT2D eigenvalue weighted by Gasteiger charge is 2.07. The third kappa shape index (κ3) is 2.75. The van der Waals surface area contributed by atoms with Crippen molar-refractivity contribution in [3.05, 3.63) is 70.2 Å². The molecule has 1 atom stereocenters. The Balaban J connectivity index is 2.26. The molecule has 0 aliphatic carbocycles. The third-order valence-corrected chi connectivity index (χ3v) is 3.19. The zero-order valence-electron chi connectivity index (χ0n) is 9.56. The second-order valence-electron chi connectivity index (χ2n) is 4.06. The normalized spacial score (nSPS) is 12.1. The van der Waals surface area contributed by atoms with E-state index in [9.17, 15) is 4.79 Å². The van der Waals surface area contributed by atoms with Crippen molar-refractivity contribution in [2.24, 2.45) is 0 Å². The zero-order chi connectivity index (χ0) is 12.3. The van der Waals surface area contributed by atoms with E-state index in [-0.39, 0.29) is 0 Å². The highest BCUT2D eigenvalue weighted by Crippen LogP contribution is 2.25. The Labute approximate surface area is 106 Å². The second kappa shape index (κ2) is 5.15. The zero-order valence-corrected chi connectivity index (χ0v) is 10.3. The van der Waals surface area contributed by atoms with Crippen LogP contribution in [0, 0.1) is 0 Å². The van der Waals surface area contributed by atoms with Crippen LogP contribution in [0.1, 0.15) is 34.3 Å². The van der Waals surface area contributed by atoms with Crippen molar-refractivity contribution in [2.75, 3.05) is 0 Å². The molecule has 2 rings (SSSR count). The van der Waals surface area contributed by atoms with Crippen LogP contribution in [0.3, 0.4) is 0 Å². The molecule has 0 N–H and O–H groups in total. The number of aldehydes is 1. The molecule has 0 saturated carbocycles. The van der Waals surface area contributed by atoms with E-state index in [0.29, 0.717) is 11.5 Å². The Morgan fingerprint density at radius 2 is 1.41 bits per heavy atom. The minimum atomic E-state index is 0.299. The summed E-state index contributed by atoms with van der Waals surface area (Å²) < 4.78 is 0. The van der Waals surface area contributed by atoms with Crippen LogP contribution in [-0.2, 0) is 0 Å². The fraction of sp³-hybridized carbons (Fsp3) is 0.133. The van der Waals surface area contributed by atoms with Crippen LogP contribution in [0.2, 0.25) is 5.02 Å². The number of hydrogen-bond acceptors (Lipinski definition) is 1. The molecule has 86 valence electrons. The molecule has 0 bridgehead atoms. The van der Waals surface area contributed by atoms with Gasteiger partial charge in [0.25, 0.3) is 0 Å². The van der Waals surface area contributed by atoms with Crippen molar-refractivity contribution in [3.63, 3.8) is 0 Å². The number of rotatable bonds is 3. The lowest BCUT2D eigenvalue weighted by molar-refractivity contribution is 0.112. The van der Waals surface area contributed by atoms with E-state index in [2.05, 4.69) is 6.92 Å². The first-order valence-electron chi connectivity index (χ1n) is 5.51. The van der Waals surface area contributed by atoms with Crippen molar-refractivity contribution in [1.29, 1.82) is 0 Å². The number of hydrogen-bond donors (Lipinski definition) is 0. The topological polar surface area (TPSA) is 17.1 Å². The Bertz CT molecular complexity index is 499. The molecule has 1 unspecified atom stereocenters. The molecule has 0 fully saturated rings. The highest BCUT2D eigenvalue weighted by molar-refractivity contribution is 6.30. The summed E-state index contributed by atoms with van der Waals surface area (Å²) in [6.45, 7) is 2.14. The lowest BCUT2D eigenvalue weighted by Crippen LogP contribution is -1.96. The smallest absolute Gasteiger partial charge is 0.150 e. The van der Waals surface area contributed by atoms with Crippen LogP contribution in [0.4, 0.5) is 0 Å². The van der Waals surface area contributed by atoms with Gasteiger partial charge in [-0.3, -0.25) is 4.79 Å². The summed E-state index contributed by atoms with van der Waals surface area (Å²) in [7, 11) is 0. The van der Waals surface area contributed by atoms with Crippen LogP contribution >= 0.6 is 11.6 Å². The van der Waals surface area contributed by atoms with E-state index >= 15 is 0 Å². The molecule has 0 aromatic heterocycles. The molecule has 0 aliphatic rings. The van der Waals surface area contributed by atoms with Crippen LogP contribution in [0.15, 0.2) is 48.5 Å². The van der Waals surface area contributed by atoms with Crippen LogP contribution < -0.4 is 0 Å². The maximum absolute atomic E-state index is 10.6. The molecule has 0 heterocycles. The van der Waals surface area contributed by atoms with Crippen molar-refractivity contribution in [1.82, 2.24) is 0 Å². The van der Waals surface area contributed by atoms with E-state index in [1.54, 1.807) is 0 Å². The number of halogens is 1. The largest absolute Gasteiger partial charge is 0.298 e. The standard InChI is InChI=1S/C15H13ClO/c1-11(14-6-8-15(16)9-7-14)13-4-2-12(10-17)3-5-13/h2-11H,1H3. The fourth-order valence-electron chi connectivity index (χ4n) is 1.81. The van der Waals surface area contributed by atoms with E-state index in [1.165, 1.54) is 11.1 Å². The maximum atomic E-state index is 10.6. The highest BCUT2D eigenvalue weighted by atomic mass is 35.5. The molecular weight excluding hydrogens is 232 g/mol. The molecule has 1 nitrogen and oxygen atoms in total. The van der Waals surface area contributed by atoms with Gasteiger partial charge in [0, 0.05) is 16.5 Å². The summed E-state index contributed by atoms with van der Waals surface area (Å²) in [5.41, 5.74) is 3.11. The monoisotopic (exact) mass is 244 g/mol. The van der Waals surface area contributed by atoms with Gasteiger partial charge in [0.1, 0.15) is 6.29 Å². The van der Waals surface area contributed by atoms with Crippen LogP contribution in [0.5, 0.6) is 0 Å². The summed E-state index contributed by atoms with van der Waals surface area (Å²) in [6, 6.07) is 15.5. The Kier molecular flexibility index (Phi) is 3.60. The van der Waals surface area contributed by atoms with E-state index < -0.39 is 0 Å². The summed E-state index contributed by atoms with van der Waals surface area (Å²) >= 11 is 5.86. The van der Waals surface area contributed by atoms with E-state index in [0.717, 1.165) is 11.3 Å². The summed E-state index contributed by atoms with van der Waals surface area (Å²) in [5.74, 6) is 0.299. The lowest BCUT2D eigenvalue weighted by Gasteiger charge is -2.12. The van der Waals surface area contributed by atoms with E-state index in [1.807, 2.05) is 48.5 Å². The van der Waals surface area contributed by atoms with Gasteiger partial charge in [-0.15, -0.1) is 0 Å². The van der Waals surface area contributed by atoms with Crippen molar-refractivity contribution in [3.8, 4) is 0 Å². The van der Waals surface area contributed by atoms with Gasteiger partial charge in [0.2, 0.25) is 0 Å². The quantitative estimate of drug-likeness (QED) is 0.736. The van der Waals surface area contributed by atoms with Gasteiger partial charge < -0.3 is 0 Å². The second-order valence-corrected chi connectivity index (χ2v) is 4.49. The Morgan fingerprint density at radius 1 is 0.941 bits per heavy atom. The van der Waals surface area contributed by atoms with Crippen LogP contribution in [0.25, 0.3) is 0 Å². The molecule has 2 heteroatoms. The van der Waals surface area contributed by atoms with Crippen molar-refractivity contribution in [2.45, 2.75) is 12.8 Å². The Hall–Kier alpha value is -1.60. The summed E-state index contributed by atoms with van der Waals surface area (Å²) in [5, 5.41) is 0.747. The first-order chi connectivity index (χ1) is 8.20. The number of carbonyl (C=O) groups is 1. The molecule has 2 aromatic rings. The average Bonchev–Trinajstić information content (AvgIpc) is 2.39. The van der Waals surface area contributed by atoms with Gasteiger partial charge in [0.15, 0.2) is 0 Å². The molecule has 0 radical (unpaired) electrons. The SMILES string of the molecule is CC(c1ccc(Cl)cc1)c1ccc(C=O)cc1. The predicted molar refractivity (Wildman–Crippen MR) is 70.8 cm³/mol. The Morgan fingerprint density at radius 3 is 1.88 bits per heavy atom. The van der Waals surface area contributed by atoms with Crippen LogP contribution in [-0.4, -0.2) is 6.29 Å². The molecule has 2 aromatic carbocycles. The maximum Gasteiger partial charge on any atom is 0.150 e. The molecular formula is C15H13ClO. The van der Waals surface area contributed by atoms with Crippen molar-refractivity contribution >= 4 is 17.9 Å². The minimum Gasteiger partial charge on any atom is -0.298 e. The van der Waals surface area contributed by atoms with Gasteiger partial charge in [-0.25, -0.2) is 0 Å².